The summed E-state index contributed by atoms with van der Waals surface area (Å²) in [7, 11) is 0. The topological polar surface area (TPSA) is 87.0 Å². The third-order valence-electron chi connectivity index (χ3n) is 10.2. The van der Waals surface area contributed by atoms with Crippen molar-refractivity contribution in [3.63, 3.8) is 0 Å². The fraction of sp³-hybridized carbons (Fsp3) is 0.731. The Kier molecular flexibility index (Phi) is 4.52. The quantitative estimate of drug-likeness (QED) is 0.475. The van der Waals surface area contributed by atoms with E-state index in [9.17, 15) is 20.1 Å². The van der Waals surface area contributed by atoms with E-state index in [0.29, 0.717) is 36.8 Å². The molecular formula is C26H36O5. The minimum absolute atomic E-state index is 0.0104. The second-order valence-electron chi connectivity index (χ2n) is 11.7. The molecule has 1 aromatic carbocycles. The summed E-state index contributed by atoms with van der Waals surface area (Å²) in [4.78, 5) is 12.8. The van der Waals surface area contributed by atoms with Crippen LogP contribution < -0.4 is 0 Å². The van der Waals surface area contributed by atoms with E-state index in [1.165, 1.54) is 12.1 Å². The number of ether oxygens (including phenoxy) is 1. The van der Waals surface area contributed by atoms with Crippen LogP contribution in [-0.4, -0.2) is 33.5 Å². The van der Waals surface area contributed by atoms with Gasteiger partial charge in [-0.2, -0.15) is 0 Å². The van der Waals surface area contributed by atoms with Crippen LogP contribution in [-0.2, 0) is 16.0 Å². The maximum atomic E-state index is 12.8. The lowest BCUT2D eigenvalue weighted by molar-refractivity contribution is -0.256. The first-order chi connectivity index (χ1) is 14.5. The van der Waals surface area contributed by atoms with Gasteiger partial charge in [0.05, 0.1) is 17.6 Å². The van der Waals surface area contributed by atoms with Gasteiger partial charge in [-0.1, -0.05) is 13.3 Å². The molecule has 2 bridgehead atoms. The Balaban J connectivity index is 1.56. The van der Waals surface area contributed by atoms with Gasteiger partial charge in [-0.25, -0.2) is 0 Å². The third kappa shape index (κ3) is 2.81. The molecule has 0 amide bonds. The van der Waals surface area contributed by atoms with Gasteiger partial charge in [0.25, 0.3) is 0 Å². The Morgan fingerprint density at radius 1 is 1.03 bits per heavy atom. The molecule has 1 aromatic rings. The number of hydrogen-bond acceptors (Lipinski definition) is 5. The van der Waals surface area contributed by atoms with Crippen LogP contribution in [0.1, 0.15) is 71.3 Å². The molecule has 4 aliphatic rings. The summed E-state index contributed by atoms with van der Waals surface area (Å²) in [5.74, 6) is 0.965. The molecule has 1 saturated heterocycles. The van der Waals surface area contributed by atoms with Crippen molar-refractivity contribution in [2.24, 2.45) is 34.0 Å². The van der Waals surface area contributed by atoms with E-state index in [-0.39, 0.29) is 39.6 Å². The molecule has 5 rings (SSSR count). The largest absolute Gasteiger partial charge is 0.508 e. The molecule has 1 aliphatic heterocycles. The smallest absolute Gasteiger partial charge is 0.312 e. The second-order valence-corrected chi connectivity index (χ2v) is 11.7. The van der Waals surface area contributed by atoms with Crippen LogP contribution in [0.15, 0.2) is 18.2 Å². The number of fused-ring (bicyclic) bond motifs is 1. The maximum absolute atomic E-state index is 12.8. The number of carbonyl (C=O) groups excluding carboxylic acids is 1. The van der Waals surface area contributed by atoms with Gasteiger partial charge < -0.3 is 20.1 Å². The van der Waals surface area contributed by atoms with Crippen molar-refractivity contribution in [2.45, 2.75) is 77.7 Å². The molecule has 5 heteroatoms. The summed E-state index contributed by atoms with van der Waals surface area (Å²) >= 11 is 0. The Bertz CT molecular complexity index is 909. The predicted molar refractivity (Wildman–Crippen MR) is 116 cm³/mol. The fourth-order valence-corrected chi connectivity index (χ4v) is 8.72. The molecule has 7 atom stereocenters. The molecule has 0 spiro atoms. The van der Waals surface area contributed by atoms with Gasteiger partial charge in [-0.3, -0.25) is 4.79 Å². The van der Waals surface area contributed by atoms with Crippen molar-refractivity contribution in [3.05, 3.63) is 23.8 Å². The highest BCUT2D eigenvalue weighted by atomic mass is 16.5. The van der Waals surface area contributed by atoms with E-state index >= 15 is 0 Å². The summed E-state index contributed by atoms with van der Waals surface area (Å²) < 4.78 is 5.87. The molecule has 31 heavy (non-hydrogen) atoms. The fourth-order valence-electron chi connectivity index (χ4n) is 8.72. The van der Waals surface area contributed by atoms with Crippen molar-refractivity contribution < 1.29 is 24.9 Å². The molecule has 5 nitrogen and oxygen atoms in total. The second kappa shape index (κ2) is 6.63. The van der Waals surface area contributed by atoms with Crippen LogP contribution in [0.4, 0.5) is 0 Å². The molecular weight excluding hydrogens is 392 g/mol. The normalized spacial score (nSPS) is 46.6. The zero-order valence-electron chi connectivity index (χ0n) is 19.0. The van der Waals surface area contributed by atoms with Gasteiger partial charge in [0.1, 0.15) is 11.5 Å². The molecule has 0 aromatic heterocycles. The van der Waals surface area contributed by atoms with Gasteiger partial charge in [0, 0.05) is 5.41 Å². The first-order valence-electron chi connectivity index (χ1n) is 11.9. The Labute approximate surface area is 184 Å². The lowest BCUT2D eigenvalue weighted by atomic mass is 9.37. The first-order valence-corrected chi connectivity index (χ1v) is 11.9. The van der Waals surface area contributed by atoms with Gasteiger partial charge in [-0.15, -0.1) is 0 Å². The molecule has 4 fully saturated rings. The summed E-state index contributed by atoms with van der Waals surface area (Å²) in [6.07, 6.45) is 7.19. The van der Waals surface area contributed by atoms with E-state index < -0.39 is 5.60 Å². The van der Waals surface area contributed by atoms with Crippen LogP contribution in [0.2, 0.25) is 0 Å². The highest BCUT2D eigenvalue weighted by Crippen LogP contribution is 2.71. The van der Waals surface area contributed by atoms with Crippen molar-refractivity contribution in [2.75, 3.05) is 6.61 Å². The van der Waals surface area contributed by atoms with E-state index in [1.54, 1.807) is 6.07 Å². The number of phenolic OH excluding ortho intramolecular Hbond substituents is 2. The number of aliphatic hydroxyl groups is 1. The molecule has 3 N–H and O–H groups in total. The first kappa shape index (κ1) is 21.1. The van der Waals surface area contributed by atoms with Crippen LogP contribution in [0.25, 0.3) is 0 Å². The van der Waals surface area contributed by atoms with E-state index in [1.807, 2.05) is 6.92 Å². The van der Waals surface area contributed by atoms with Gasteiger partial charge in [-0.05, 0) is 106 Å². The average Bonchev–Trinajstić information content (AvgIpc) is 2.70. The van der Waals surface area contributed by atoms with Gasteiger partial charge >= 0.3 is 5.97 Å². The van der Waals surface area contributed by atoms with Crippen molar-refractivity contribution >= 4 is 5.97 Å². The minimum Gasteiger partial charge on any atom is -0.508 e. The number of rotatable bonds is 2. The molecule has 0 radical (unpaired) electrons. The summed E-state index contributed by atoms with van der Waals surface area (Å²) in [6.45, 7) is 6.90. The van der Waals surface area contributed by atoms with E-state index in [0.717, 1.165) is 38.5 Å². The number of cyclic esters (lactones) is 1. The Morgan fingerprint density at radius 3 is 2.55 bits per heavy atom. The van der Waals surface area contributed by atoms with Crippen LogP contribution in [0.5, 0.6) is 11.5 Å². The van der Waals surface area contributed by atoms with Crippen molar-refractivity contribution in [1.82, 2.24) is 0 Å². The standard InChI is InChI=1S/C26H36O5/c1-23-11-7-20-24(2)9-4-10-26(20,15-31-22(24)29)19(23)8-12-25(3,30)21(23)14-16-13-17(27)5-6-18(16)28/h5-6,13,19-21,27-28,30H,4,7-12,14-15H2,1-3H3/t19-,20-,21+,23+,24-,25-,26-/m0/s1. The van der Waals surface area contributed by atoms with Gasteiger partial charge in [0.2, 0.25) is 0 Å². The number of esters is 1. The van der Waals surface area contributed by atoms with E-state index in [2.05, 4.69) is 13.8 Å². The maximum Gasteiger partial charge on any atom is 0.312 e. The monoisotopic (exact) mass is 428 g/mol. The number of hydrogen-bond donors (Lipinski definition) is 3. The predicted octanol–water partition coefficient (Wildman–Crippen LogP) is 4.57. The third-order valence-corrected chi connectivity index (χ3v) is 10.2. The molecule has 170 valence electrons. The SMILES string of the molecule is C[C@@]12CC[C@@H]3[C@]4(CCC[C@]3(C)C(=O)OC4)[C@H]1CC[C@](C)(O)[C@@H]2Cc1cc(O)ccc1O. The van der Waals surface area contributed by atoms with Crippen molar-refractivity contribution in [1.29, 1.82) is 0 Å². The summed E-state index contributed by atoms with van der Waals surface area (Å²) in [5.41, 5.74) is -0.677. The van der Waals surface area contributed by atoms with Crippen molar-refractivity contribution in [3.8, 4) is 11.5 Å². The zero-order valence-corrected chi connectivity index (χ0v) is 19.0. The molecule has 3 aliphatic carbocycles. The number of benzene rings is 1. The van der Waals surface area contributed by atoms with Crippen LogP contribution >= 0.6 is 0 Å². The lowest BCUT2D eigenvalue weighted by Gasteiger charge is -2.69. The molecule has 3 saturated carbocycles. The summed E-state index contributed by atoms with van der Waals surface area (Å²) in [5, 5.41) is 32.0. The minimum atomic E-state index is -0.851. The molecule has 1 heterocycles. The summed E-state index contributed by atoms with van der Waals surface area (Å²) in [6, 6.07) is 4.65. The number of carbonyl (C=O) groups is 1. The molecule has 0 unspecified atom stereocenters. The zero-order chi connectivity index (χ0) is 22.2. The Hall–Kier alpha value is -1.75. The van der Waals surface area contributed by atoms with Crippen LogP contribution in [0, 0.1) is 34.0 Å². The lowest BCUT2D eigenvalue weighted by Crippen LogP contribution is -2.68. The Morgan fingerprint density at radius 2 is 1.77 bits per heavy atom. The number of phenols is 2. The number of aromatic hydroxyl groups is 2. The van der Waals surface area contributed by atoms with Gasteiger partial charge in [0.15, 0.2) is 0 Å². The highest BCUT2D eigenvalue weighted by molar-refractivity contribution is 5.78. The average molecular weight is 429 g/mol. The highest BCUT2D eigenvalue weighted by Gasteiger charge is 2.69. The van der Waals surface area contributed by atoms with E-state index in [4.69, 9.17) is 4.74 Å². The van der Waals surface area contributed by atoms with Crippen LogP contribution in [0.3, 0.4) is 0 Å².